The zero-order valence-corrected chi connectivity index (χ0v) is 8.09. The van der Waals surface area contributed by atoms with E-state index < -0.39 is 25.0 Å². The van der Waals surface area contributed by atoms with E-state index in [0.717, 1.165) is 0 Å². The number of carbonyl (C=O) groups excluding carboxylic acids is 1. The zero-order valence-electron chi connectivity index (χ0n) is 8.09. The fourth-order valence-corrected chi connectivity index (χ4v) is 0.930. The summed E-state index contributed by atoms with van der Waals surface area (Å²) in [6.45, 7) is -0.552. The van der Waals surface area contributed by atoms with Crippen LogP contribution in [0.5, 0.6) is 0 Å². The summed E-state index contributed by atoms with van der Waals surface area (Å²) in [7, 11) is 0. The number of aryl methyl sites for hydroxylation is 1. The molecule has 84 valence electrons. The number of alkyl halides is 2. The van der Waals surface area contributed by atoms with Crippen molar-refractivity contribution in [2.24, 2.45) is 0 Å². The van der Waals surface area contributed by atoms with Gasteiger partial charge in [0.05, 0.1) is 12.1 Å². The van der Waals surface area contributed by atoms with Crippen molar-refractivity contribution in [3.63, 3.8) is 0 Å². The first kappa shape index (κ1) is 11.6. The molecule has 0 saturated carbocycles. The molecule has 0 fully saturated rings. The first-order chi connectivity index (χ1) is 6.94. The van der Waals surface area contributed by atoms with Gasteiger partial charge in [-0.3, -0.25) is 4.79 Å². The average Bonchev–Trinajstić information content (AvgIpc) is 2.61. The van der Waals surface area contributed by atoms with Gasteiger partial charge in [-0.25, -0.2) is 8.78 Å². The van der Waals surface area contributed by atoms with Crippen LogP contribution in [0.2, 0.25) is 0 Å². The number of amides is 1. The van der Waals surface area contributed by atoms with E-state index in [1.807, 2.05) is 5.32 Å². The molecular weight excluding hydrogens is 208 g/mol. The van der Waals surface area contributed by atoms with Gasteiger partial charge in [0.25, 0.3) is 11.8 Å². The molecular formula is C9H11F2NO3. The van der Waals surface area contributed by atoms with Gasteiger partial charge in [-0.15, -0.1) is 0 Å². The van der Waals surface area contributed by atoms with Crippen molar-refractivity contribution in [3.05, 3.63) is 23.7 Å². The van der Waals surface area contributed by atoms with E-state index in [1.54, 1.807) is 6.92 Å². The van der Waals surface area contributed by atoms with Gasteiger partial charge >= 0.3 is 0 Å². The van der Waals surface area contributed by atoms with Crippen LogP contribution < -0.4 is 5.32 Å². The predicted molar refractivity (Wildman–Crippen MR) is 47.8 cm³/mol. The minimum Gasteiger partial charge on any atom is -0.469 e. The number of aliphatic hydroxyl groups is 1. The van der Waals surface area contributed by atoms with Crippen LogP contribution in [-0.4, -0.2) is 30.1 Å². The molecule has 0 aliphatic heterocycles. The van der Waals surface area contributed by atoms with Crippen LogP contribution in [0, 0.1) is 6.92 Å². The van der Waals surface area contributed by atoms with Crippen LogP contribution in [0.15, 0.2) is 16.7 Å². The Bertz CT molecular complexity index is 349. The molecule has 0 bridgehead atoms. The lowest BCUT2D eigenvalue weighted by atomic mass is 10.3. The monoisotopic (exact) mass is 219 g/mol. The van der Waals surface area contributed by atoms with E-state index in [-0.39, 0.29) is 5.56 Å². The van der Waals surface area contributed by atoms with Crippen LogP contribution in [-0.2, 0) is 0 Å². The zero-order chi connectivity index (χ0) is 11.5. The van der Waals surface area contributed by atoms with Gasteiger partial charge in [0.2, 0.25) is 0 Å². The minimum atomic E-state index is -3.30. The third-order valence-corrected chi connectivity index (χ3v) is 1.73. The fraction of sp³-hybridized carbons (Fsp3) is 0.444. The molecule has 1 heterocycles. The van der Waals surface area contributed by atoms with Crippen molar-refractivity contribution in [3.8, 4) is 0 Å². The number of nitrogens with one attached hydrogen (secondary N) is 1. The molecule has 0 atom stereocenters. The lowest BCUT2D eigenvalue weighted by Crippen LogP contribution is -2.38. The molecule has 0 aliphatic rings. The van der Waals surface area contributed by atoms with E-state index in [9.17, 15) is 13.6 Å². The number of furan rings is 1. The number of aliphatic hydroxyl groups excluding tert-OH is 1. The standard InChI is InChI=1S/C9H11F2NO3/c1-6-2-7(3-15-6)8(14)12-4-9(10,11)5-13/h2-3,13H,4-5H2,1H3,(H,12,14). The van der Waals surface area contributed by atoms with E-state index in [2.05, 4.69) is 0 Å². The van der Waals surface area contributed by atoms with Crippen molar-refractivity contribution in [2.45, 2.75) is 12.8 Å². The number of hydrogen-bond acceptors (Lipinski definition) is 3. The van der Waals surface area contributed by atoms with Crippen molar-refractivity contribution in [2.75, 3.05) is 13.2 Å². The molecule has 1 rings (SSSR count). The summed E-state index contributed by atoms with van der Waals surface area (Å²) >= 11 is 0. The summed E-state index contributed by atoms with van der Waals surface area (Å²) in [5.41, 5.74) is 0.182. The largest absolute Gasteiger partial charge is 0.469 e. The van der Waals surface area contributed by atoms with E-state index in [0.29, 0.717) is 5.76 Å². The van der Waals surface area contributed by atoms with Gasteiger partial charge in [-0.05, 0) is 13.0 Å². The Morgan fingerprint density at radius 3 is 2.80 bits per heavy atom. The molecule has 0 radical (unpaired) electrons. The molecule has 0 spiro atoms. The lowest BCUT2D eigenvalue weighted by Gasteiger charge is -2.13. The second kappa shape index (κ2) is 4.39. The maximum Gasteiger partial charge on any atom is 0.287 e. The fourth-order valence-electron chi connectivity index (χ4n) is 0.930. The highest BCUT2D eigenvalue weighted by molar-refractivity contribution is 5.93. The summed E-state index contributed by atoms with van der Waals surface area (Å²) in [5, 5.41) is 10.3. The molecule has 15 heavy (non-hydrogen) atoms. The minimum absolute atomic E-state index is 0.182. The molecule has 1 aromatic rings. The summed E-state index contributed by atoms with van der Waals surface area (Å²) in [6, 6.07) is 1.44. The Morgan fingerprint density at radius 1 is 1.67 bits per heavy atom. The molecule has 0 saturated heterocycles. The van der Waals surface area contributed by atoms with Crippen molar-refractivity contribution < 1.29 is 23.1 Å². The van der Waals surface area contributed by atoms with Gasteiger partial charge in [-0.1, -0.05) is 0 Å². The maximum atomic E-state index is 12.5. The Hall–Kier alpha value is -1.43. The van der Waals surface area contributed by atoms with Gasteiger partial charge in [0.15, 0.2) is 0 Å². The smallest absolute Gasteiger partial charge is 0.287 e. The molecule has 2 N–H and O–H groups in total. The van der Waals surface area contributed by atoms with E-state index in [4.69, 9.17) is 9.52 Å². The number of rotatable bonds is 4. The van der Waals surface area contributed by atoms with E-state index in [1.165, 1.54) is 12.3 Å². The van der Waals surface area contributed by atoms with Crippen LogP contribution >= 0.6 is 0 Å². The molecule has 0 unspecified atom stereocenters. The first-order valence-corrected chi connectivity index (χ1v) is 4.26. The molecule has 1 aromatic heterocycles. The van der Waals surface area contributed by atoms with Crippen molar-refractivity contribution >= 4 is 5.91 Å². The number of hydrogen-bond donors (Lipinski definition) is 2. The van der Waals surface area contributed by atoms with Crippen molar-refractivity contribution in [1.82, 2.24) is 5.32 Å². The highest BCUT2D eigenvalue weighted by Gasteiger charge is 2.28. The maximum absolute atomic E-state index is 12.5. The van der Waals surface area contributed by atoms with Gasteiger partial charge in [0.1, 0.15) is 18.6 Å². The Kier molecular flexibility index (Phi) is 3.41. The topological polar surface area (TPSA) is 62.5 Å². The average molecular weight is 219 g/mol. The van der Waals surface area contributed by atoms with Crippen molar-refractivity contribution in [1.29, 1.82) is 0 Å². The lowest BCUT2D eigenvalue weighted by molar-refractivity contribution is -0.0462. The quantitative estimate of drug-likeness (QED) is 0.792. The Balaban J connectivity index is 2.50. The molecule has 4 nitrogen and oxygen atoms in total. The third-order valence-electron chi connectivity index (χ3n) is 1.73. The number of halogens is 2. The van der Waals surface area contributed by atoms with Gasteiger partial charge < -0.3 is 14.8 Å². The highest BCUT2D eigenvalue weighted by atomic mass is 19.3. The summed E-state index contributed by atoms with van der Waals surface area (Å²) in [5.74, 6) is -3.43. The molecule has 6 heteroatoms. The second-order valence-corrected chi connectivity index (χ2v) is 3.14. The van der Waals surface area contributed by atoms with Gasteiger partial charge in [0, 0.05) is 0 Å². The molecule has 0 aliphatic carbocycles. The molecule has 1 amide bonds. The van der Waals surface area contributed by atoms with Crippen LogP contribution in [0.1, 0.15) is 16.1 Å². The Morgan fingerprint density at radius 2 is 2.33 bits per heavy atom. The van der Waals surface area contributed by atoms with Crippen LogP contribution in [0.25, 0.3) is 0 Å². The summed E-state index contributed by atoms with van der Waals surface area (Å²) in [4.78, 5) is 11.2. The first-order valence-electron chi connectivity index (χ1n) is 4.26. The SMILES string of the molecule is Cc1cc(C(=O)NCC(F)(F)CO)co1. The van der Waals surface area contributed by atoms with E-state index >= 15 is 0 Å². The normalized spacial score (nSPS) is 11.5. The summed E-state index contributed by atoms with van der Waals surface area (Å²) < 4.78 is 29.9. The van der Waals surface area contributed by atoms with Crippen LogP contribution in [0.3, 0.4) is 0 Å². The van der Waals surface area contributed by atoms with Gasteiger partial charge in [-0.2, -0.15) is 0 Å². The predicted octanol–water partition coefficient (Wildman–Crippen LogP) is 0.945. The second-order valence-electron chi connectivity index (χ2n) is 3.14. The number of carbonyl (C=O) groups is 1. The highest BCUT2D eigenvalue weighted by Crippen LogP contribution is 2.11. The van der Waals surface area contributed by atoms with Crippen LogP contribution in [0.4, 0.5) is 8.78 Å². The third kappa shape index (κ3) is 3.32. The Labute approximate surface area is 84.9 Å². The summed E-state index contributed by atoms with van der Waals surface area (Å²) in [6.07, 6.45) is 1.18. The molecule has 0 aromatic carbocycles.